The first-order valence-corrected chi connectivity index (χ1v) is 13.0. The van der Waals surface area contributed by atoms with Crippen LogP contribution in [0.5, 0.6) is 5.75 Å². The van der Waals surface area contributed by atoms with Gasteiger partial charge < -0.3 is 25.4 Å². The molecular formula is C28H32FN8O4+. The highest BCUT2D eigenvalue weighted by atomic mass is 19.1. The monoisotopic (exact) mass is 563 g/mol. The molecule has 2 aromatic heterocycles. The molecule has 0 atom stereocenters. The number of amides is 2. The number of likely N-dealkylation sites (N-methyl/N-ethyl adjacent to an activating group) is 1. The molecule has 0 radical (unpaired) electrons. The van der Waals surface area contributed by atoms with Crippen molar-refractivity contribution in [3.63, 3.8) is 0 Å². The number of nitrogens with one attached hydrogen (secondary N) is 4. The van der Waals surface area contributed by atoms with Crippen molar-refractivity contribution in [2.45, 2.75) is 6.42 Å². The predicted octanol–water partition coefficient (Wildman–Crippen LogP) is 2.58. The Morgan fingerprint density at radius 2 is 2.05 bits per heavy atom. The van der Waals surface area contributed by atoms with Crippen molar-refractivity contribution in [1.29, 1.82) is 0 Å². The second-order valence-electron chi connectivity index (χ2n) is 9.68. The van der Waals surface area contributed by atoms with E-state index < -0.39 is 11.7 Å². The number of aromatic amines is 2. The van der Waals surface area contributed by atoms with Crippen LogP contribution in [0.1, 0.15) is 15.9 Å². The fraction of sp³-hybridized carbons (Fsp3) is 0.286. The molecule has 0 fully saturated rings. The quantitative estimate of drug-likeness (QED) is 0.217. The molecule has 0 saturated carbocycles. The van der Waals surface area contributed by atoms with Gasteiger partial charge in [-0.3, -0.25) is 24.8 Å². The number of hydrogen-bond acceptors (Lipinski definition) is 8. The second-order valence-corrected chi connectivity index (χ2v) is 9.68. The average Bonchev–Trinajstić information content (AvgIpc) is 3.58. The van der Waals surface area contributed by atoms with Crippen LogP contribution in [0.3, 0.4) is 0 Å². The number of rotatable bonds is 11. The normalized spacial score (nSPS) is 12.6. The maximum Gasteiger partial charge on any atom is 0.351 e. The van der Waals surface area contributed by atoms with Crippen molar-refractivity contribution < 1.29 is 28.4 Å². The number of carbonyl (C=O) groups excluding carboxylic acids is 2. The van der Waals surface area contributed by atoms with Crippen LogP contribution in [0.15, 0.2) is 42.6 Å². The van der Waals surface area contributed by atoms with Gasteiger partial charge in [-0.1, -0.05) is 11.1 Å². The van der Waals surface area contributed by atoms with E-state index in [1.54, 1.807) is 37.4 Å². The number of nitrogens with zero attached hydrogens (tertiary/aromatic N) is 3. The minimum atomic E-state index is -0.899. The molecule has 0 bridgehead atoms. The van der Waals surface area contributed by atoms with Crippen molar-refractivity contribution in [3.05, 3.63) is 59.5 Å². The highest BCUT2D eigenvalue weighted by Gasteiger charge is 2.28. The molecule has 12 nitrogen and oxygen atoms in total. The van der Waals surface area contributed by atoms with E-state index in [4.69, 9.17) is 15.2 Å². The summed E-state index contributed by atoms with van der Waals surface area (Å²) in [5.74, 6) is -0.390. The molecule has 5 rings (SSSR count). The highest BCUT2D eigenvalue weighted by Crippen LogP contribution is 2.38. The number of nitrogens with two attached hydrogens (primary N) is 1. The smallest absolute Gasteiger partial charge is 0.351 e. The number of anilines is 5. The summed E-state index contributed by atoms with van der Waals surface area (Å²) in [7, 11) is 5.09. The van der Waals surface area contributed by atoms with Crippen LogP contribution >= 0.6 is 0 Å². The number of carbonyl (C=O) groups is 2. The Morgan fingerprint density at radius 3 is 2.80 bits per heavy atom. The summed E-state index contributed by atoms with van der Waals surface area (Å²) in [5.41, 5.74) is 8.36. The molecule has 214 valence electrons. The number of benzene rings is 2. The van der Waals surface area contributed by atoms with Gasteiger partial charge >= 0.3 is 5.95 Å². The fourth-order valence-electron chi connectivity index (χ4n) is 4.86. The number of aromatic nitrogens is 3. The van der Waals surface area contributed by atoms with Crippen LogP contribution in [0.25, 0.3) is 11.0 Å². The molecule has 1 aliphatic heterocycles. The standard InChI is InChI=1S/C28H31FN8O4/c1-36(11-12-40-2)15-23(38)37-10-8-16-13-22(41-3)20(14-21(16)37)33-28-34-26-17(7-9-31-26)27(35-28)32-19-6-4-5-18(29)24(19)25(30)39/h4-7,9,13-14H,8,10-12,15H2,1-3H3,(H2,30,39)(H3,31,32,33,34,35)/p+1. The zero-order chi connectivity index (χ0) is 29.1. The Morgan fingerprint density at radius 1 is 1.22 bits per heavy atom. The lowest BCUT2D eigenvalue weighted by atomic mass is 10.1. The molecular weight excluding hydrogens is 531 g/mol. The molecule has 0 unspecified atom stereocenters. The maximum atomic E-state index is 14.4. The SMILES string of the molecule is COCCN(C)CC(=O)N1CCc2cc(OC)c(Nc3nc(Nc4cccc(F)c4C(N)=O)c4cc[nH]c4[nH+]3)cc21. The third kappa shape index (κ3) is 5.76. The summed E-state index contributed by atoms with van der Waals surface area (Å²) < 4.78 is 25.2. The van der Waals surface area contributed by atoms with E-state index in [1.165, 1.54) is 12.1 Å². The van der Waals surface area contributed by atoms with E-state index in [2.05, 4.69) is 25.6 Å². The Labute approximate surface area is 235 Å². The molecule has 0 saturated heterocycles. The Kier molecular flexibility index (Phi) is 7.99. The minimum Gasteiger partial charge on any atom is -0.493 e. The topological polar surface area (TPSA) is 152 Å². The predicted molar refractivity (Wildman–Crippen MR) is 153 cm³/mol. The van der Waals surface area contributed by atoms with E-state index in [0.717, 1.165) is 11.3 Å². The van der Waals surface area contributed by atoms with Gasteiger partial charge in [0.15, 0.2) is 5.75 Å². The molecule has 41 heavy (non-hydrogen) atoms. The lowest BCUT2D eigenvalue weighted by Crippen LogP contribution is -2.39. The van der Waals surface area contributed by atoms with Gasteiger partial charge in [-0.15, -0.1) is 0 Å². The summed E-state index contributed by atoms with van der Waals surface area (Å²) in [6, 6.07) is 9.77. The number of ether oxygens (including phenoxy) is 2. The summed E-state index contributed by atoms with van der Waals surface area (Å²) in [5, 5.41) is 6.97. The molecule has 2 amide bonds. The number of hydrogen-bond donors (Lipinski definition) is 4. The van der Waals surface area contributed by atoms with Gasteiger partial charge in [0, 0.05) is 32.5 Å². The zero-order valence-electron chi connectivity index (χ0n) is 23.0. The Hall–Kier alpha value is -4.75. The van der Waals surface area contributed by atoms with Gasteiger partial charge in [0.2, 0.25) is 17.4 Å². The first kappa shape index (κ1) is 27.8. The summed E-state index contributed by atoms with van der Waals surface area (Å²) >= 11 is 0. The molecule has 2 aromatic carbocycles. The number of fused-ring (bicyclic) bond motifs is 2. The van der Waals surface area contributed by atoms with E-state index >= 15 is 0 Å². The largest absolute Gasteiger partial charge is 0.493 e. The van der Waals surface area contributed by atoms with Crippen LogP contribution in [-0.2, 0) is 16.0 Å². The van der Waals surface area contributed by atoms with E-state index in [0.29, 0.717) is 60.4 Å². The number of H-pyrrole nitrogens is 2. The van der Waals surface area contributed by atoms with Crippen LogP contribution in [0, 0.1) is 5.82 Å². The third-order valence-electron chi connectivity index (χ3n) is 6.91. The van der Waals surface area contributed by atoms with Crippen molar-refractivity contribution >= 4 is 51.7 Å². The Balaban J connectivity index is 1.46. The molecule has 0 spiro atoms. The summed E-state index contributed by atoms with van der Waals surface area (Å²) in [6.45, 7) is 2.02. The molecule has 3 heterocycles. The average molecular weight is 564 g/mol. The zero-order valence-corrected chi connectivity index (χ0v) is 23.0. The number of methoxy groups -OCH3 is 2. The van der Waals surface area contributed by atoms with Gasteiger partial charge in [0.1, 0.15) is 11.5 Å². The fourth-order valence-corrected chi connectivity index (χ4v) is 4.86. The van der Waals surface area contributed by atoms with Gasteiger partial charge in [0.05, 0.1) is 42.6 Å². The highest BCUT2D eigenvalue weighted by molar-refractivity contribution is 6.01. The lowest BCUT2D eigenvalue weighted by Gasteiger charge is -2.22. The molecule has 0 aliphatic carbocycles. The van der Waals surface area contributed by atoms with Gasteiger partial charge in [-0.05, 0) is 43.3 Å². The van der Waals surface area contributed by atoms with Gasteiger partial charge in [0.25, 0.3) is 5.91 Å². The molecule has 1 aliphatic rings. The van der Waals surface area contributed by atoms with Crippen LogP contribution in [0.4, 0.5) is 33.2 Å². The van der Waals surface area contributed by atoms with E-state index in [-0.39, 0.29) is 23.7 Å². The molecule has 6 N–H and O–H groups in total. The number of primary amides is 1. The van der Waals surface area contributed by atoms with Gasteiger partial charge in [-0.25, -0.2) is 9.37 Å². The molecule has 13 heteroatoms. The van der Waals surface area contributed by atoms with Crippen molar-refractivity contribution in [2.24, 2.45) is 5.73 Å². The second kappa shape index (κ2) is 11.8. The minimum absolute atomic E-state index is 0.0113. The van der Waals surface area contributed by atoms with Crippen LogP contribution in [-0.4, -0.2) is 74.2 Å². The third-order valence-corrected chi connectivity index (χ3v) is 6.91. The van der Waals surface area contributed by atoms with E-state index in [9.17, 15) is 14.0 Å². The maximum absolute atomic E-state index is 14.4. The van der Waals surface area contributed by atoms with Crippen molar-refractivity contribution in [1.82, 2.24) is 14.9 Å². The first-order valence-electron chi connectivity index (χ1n) is 13.0. The lowest BCUT2D eigenvalue weighted by molar-refractivity contribution is -0.333. The van der Waals surface area contributed by atoms with Crippen LogP contribution in [0.2, 0.25) is 0 Å². The van der Waals surface area contributed by atoms with Gasteiger partial charge in [-0.2, -0.15) is 0 Å². The number of halogens is 1. The molecule has 4 aromatic rings. The van der Waals surface area contributed by atoms with Crippen LogP contribution < -0.4 is 31.0 Å². The summed E-state index contributed by atoms with van der Waals surface area (Å²) in [6.07, 6.45) is 2.43. The summed E-state index contributed by atoms with van der Waals surface area (Å²) in [4.78, 5) is 39.7. The Bertz CT molecular complexity index is 1610. The van der Waals surface area contributed by atoms with E-state index in [1.807, 2.05) is 24.1 Å². The van der Waals surface area contributed by atoms with Crippen molar-refractivity contribution in [2.75, 3.05) is 63.0 Å². The van der Waals surface area contributed by atoms with Crippen molar-refractivity contribution in [3.8, 4) is 5.75 Å². The first-order chi connectivity index (χ1) is 19.8.